The van der Waals surface area contributed by atoms with Gasteiger partial charge in [0.25, 0.3) is 5.91 Å². The highest BCUT2D eigenvalue weighted by Gasteiger charge is 2.18. The van der Waals surface area contributed by atoms with Crippen LogP contribution in [0.25, 0.3) is 5.69 Å². The van der Waals surface area contributed by atoms with Crippen LogP contribution in [-0.2, 0) is 14.8 Å². The number of carbonyl (C=O) groups is 2. The van der Waals surface area contributed by atoms with Crippen LogP contribution < -0.4 is 15.4 Å². The van der Waals surface area contributed by atoms with Gasteiger partial charge in [-0.1, -0.05) is 12.1 Å². The molecule has 0 fully saturated rings. The maximum atomic E-state index is 12.9. The number of carbonyl (C=O) groups excluding carboxylic acids is 2. The van der Waals surface area contributed by atoms with Gasteiger partial charge in [0.2, 0.25) is 15.9 Å². The van der Waals surface area contributed by atoms with E-state index in [0.717, 1.165) is 17.5 Å². The topological polar surface area (TPSA) is 135 Å². The van der Waals surface area contributed by atoms with Crippen LogP contribution in [0, 0.1) is 0 Å². The molecule has 1 aromatic heterocycles. The number of anilines is 2. The fourth-order valence-corrected chi connectivity index (χ4v) is 3.49. The van der Waals surface area contributed by atoms with E-state index >= 15 is 0 Å². The summed E-state index contributed by atoms with van der Waals surface area (Å²) in [5, 5.41) is 9.50. The largest absolute Gasteiger partial charge is 0.345 e. The van der Waals surface area contributed by atoms with Gasteiger partial charge in [-0.3, -0.25) is 14.3 Å². The molecule has 0 spiro atoms. The normalized spacial score (nSPS) is 12.1. The van der Waals surface area contributed by atoms with Crippen molar-refractivity contribution in [2.45, 2.75) is 19.9 Å². The molecule has 0 aliphatic heterocycles. The molecule has 1 atom stereocenters. The van der Waals surface area contributed by atoms with Crippen molar-refractivity contribution in [3.63, 3.8) is 0 Å². The number of benzene rings is 2. The molecule has 0 radical (unpaired) electrons. The lowest BCUT2D eigenvalue weighted by Gasteiger charge is -2.17. The number of amides is 2. The SMILES string of the molecule is CC(=O)Nc1ccc(NS(C)(=O)=O)c(C(=O)NC(C)c2ccc(-n3cncn3)cc2)c1. The first-order valence-electron chi connectivity index (χ1n) is 9.27. The zero-order chi connectivity index (χ0) is 22.6. The number of hydrogen-bond acceptors (Lipinski definition) is 6. The molecule has 0 saturated carbocycles. The van der Waals surface area contributed by atoms with Gasteiger partial charge in [0.05, 0.1) is 29.2 Å². The molecule has 162 valence electrons. The Morgan fingerprint density at radius 2 is 1.81 bits per heavy atom. The molecule has 10 nitrogen and oxygen atoms in total. The van der Waals surface area contributed by atoms with E-state index in [1.807, 2.05) is 31.2 Å². The van der Waals surface area contributed by atoms with Crippen LogP contribution in [0.1, 0.15) is 35.8 Å². The molecule has 31 heavy (non-hydrogen) atoms. The Kier molecular flexibility index (Phi) is 6.35. The van der Waals surface area contributed by atoms with Gasteiger partial charge in [-0.2, -0.15) is 5.10 Å². The molecule has 3 aromatic rings. The van der Waals surface area contributed by atoms with Crippen molar-refractivity contribution in [3.8, 4) is 5.69 Å². The van der Waals surface area contributed by atoms with Crippen molar-refractivity contribution in [2.75, 3.05) is 16.3 Å². The molecule has 0 aliphatic rings. The number of rotatable bonds is 7. The zero-order valence-electron chi connectivity index (χ0n) is 17.2. The van der Waals surface area contributed by atoms with Gasteiger partial charge in [-0.15, -0.1) is 0 Å². The molecule has 2 aromatic carbocycles. The number of hydrogen-bond donors (Lipinski definition) is 3. The number of sulfonamides is 1. The van der Waals surface area contributed by atoms with Gasteiger partial charge in [0.15, 0.2) is 0 Å². The summed E-state index contributed by atoms with van der Waals surface area (Å²) in [5.74, 6) is -0.803. The first-order valence-corrected chi connectivity index (χ1v) is 11.2. The van der Waals surface area contributed by atoms with Crippen LogP contribution in [0.3, 0.4) is 0 Å². The van der Waals surface area contributed by atoms with Gasteiger partial charge in [0.1, 0.15) is 12.7 Å². The maximum Gasteiger partial charge on any atom is 0.253 e. The third kappa shape index (κ3) is 5.89. The van der Waals surface area contributed by atoms with Gasteiger partial charge in [-0.05, 0) is 42.8 Å². The van der Waals surface area contributed by atoms with Crippen molar-refractivity contribution in [2.24, 2.45) is 0 Å². The van der Waals surface area contributed by atoms with E-state index in [-0.39, 0.29) is 23.2 Å². The third-order valence-corrected chi connectivity index (χ3v) is 4.89. The summed E-state index contributed by atoms with van der Waals surface area (Å²) in [6.07, 6.45) is 4.02. The standard InChI is InChI=1S/C20H22N6O4S/c1-13(15-4-7-17(8-5-15)26-12-21-11-22-26)23-20(28)18-10-16(24-14(2)27)6-9-19(18)25-31(3,29)30/h4-13,25H,1-3H3,(H,23,28)(H,24,27). The van der Waals surface area contributed by atoms with Gasteiger partial charge in [-0.25, -0.2) is 18.1 Å². The summed E-state index contributed by atoms with van der Waals surface area (Å²) in [6.45, 7) is 3.15. The van der Waals surface area contributed by atoms with Crippen molar-refractivity contribution in [3.05, 3.63) is 66.2 Å². The average molecular weight is 443 g/mol. The Balaban J connectivity index is 1.82. The van der Waals surface area contributed by atoms with Crippen LogP contribution in [0.4, 0.5) is 11.4 Å². The lowest BCUT2D eigenvalue weighted by molar-refractivity contribution is -0.114. The molecule has 2 amide bonds. The van der Waals surface area contributed by atoms with E-state index in [4.69, 9.17) is 0 Å². The van der Waals surface area contributed by atoms with E-state index in [9.17, 15) is 18.0 Å². The zero-order valence-corrected chi connectivity index (χ0v) is 18.0. The summed E-state index contributed by atoms with van der Waals surface area (Å²) >= 11 is 0. The average Bonchev–Trinajstić information content (AvgIpc) is 3.22. The van der Waals surface area contributed by atoms with Crippen molar-refractivity contribution >= 4 is 33.2 Å². The Morgan fingerprint density at radius 3 is 2.39 bits per heavy atom. The molecule has 0 bridgehead atoms. The third-order valence-electron chi connectivity index (χ3n) is 4.30. The minimum atomic E-state index is -3.61. The first-order chi connectivity index (χ1) is 14.6. The Labute approximate surface area is 179 Å². The molecule has 11 heteroatoms. The molecule has 1 unspecified atom stereocenters. The highest BCUT2D eigenvalue weighted by Crippen LogP contribution is 2.23. The van der Waals surface area contributed by atoms with E-state index < -0.39 is 15.9 Å². The second-order valence-electron chi connectivity index (χ2n) is 6.94. The van der Waals surface area contributed by atoms with E-state index in [1.165, 1.54) is 31.5 Å². The van der Waals surface area contributed by atoms with Crippen LogP contribution in [-0.4, -0.2) is 41.3 Å². The molecule has 0 saturated heterocycles. The lowest BCUT2D eigenvalue weighted by atomic mass is 10.1. The van der Waals surface area contributed by atoms with Crippen molar-refractivity contribution < 1.29 is 18.0 Å². The second-order valence-corrected chi connectivity index (χ2v) is 8.69. The number of nitrogens with zero attached hydrogens (tertiary/aromatic N) is 3. The summed E-state index contributed by atoms with van der Waals surface area (Å²) in [4.78, 5) is 28.2. The molecule has 3 rings (SSSR count). The maximum absolute atomic E-state index is 12.9. The van der Waals surface area contributed by atoms with Crippen molar-refractivity contribution in [1.29, 1.82) is 0 Å². The summed E-state index contributed by atoms with van der Waals surface area (Å²) in [5.41, 5.74) is 2.24. The first kappa shape index (κ1) is 22.0. The molecule has 0 aliphatic carbocycles. The van der Waals surface area contributed by atoms with Gasteiger partial charge in [0, 0.05) is 12.6 Å². The minimum Gasteiger partial charge on any atom is -0.345 e. The Bertz CT molecular complexity index is 1190. The Morgan fingerprint density at radius 1 is 1.10 bits per heavy atom. The lowest BCUT2D eigenvalue weighted by Crippen LogP contribution is -2.28. The van der Waals surface area contributed by atoms with E-state index in [0.29, 0.717) is 5.69 Å². The van der Waals surface area contributed by atoms with E-state index in [1.54, 1.807) is 11.0 Å². The molecular weight excluding hydrogens is 420 g/mol. The summed E-state index contributed by atoms with van der Waals surface area (Å²) in [6, 6.07) is 11.4. The quantitative estimate of drug-likeness (QED) is 0.513. The molecule has 1 heterocycles. The van der Waals surface area contributed by atoms with Crippen molar-refractivity contribution in [1.82, 2.24) is 20.1 Å². The highest BCUT2D eigenvalue weighted by atomic mass is 32.2. The van der Waals surface area contributed by atoms with Crippen LogP contribution in [0.2, 0.25) is 0 Å². The number of nitrogens with one attached hydrogen (secondary N) is 3. The minimum absolute atomic E-state index is 0.0859. The predicted octanol–water partition coefficient (Wildman–Crippen LogP) is 2.09. The smallest absolute Gasteiger partial charge is 0.253 e. The van der Waals surface area contributed by atoms with Crippen LogP contribution in [0.5, 0.6) is 0 Å². The summed E-state index contributed by atoms with van der Waals surface area (Å²) in [7, 11) is -3.61. The Hall–Kier alpha value is -3.73. The van der Waals surface area contributed by atoms with Gasteiger partial charge >= 0.3 is 0 Å². The molecular formula is C20H22N6O4S. The predicted molar refractivity (Wildman–Crippen MR) is 116 cm³/mol. The highest BCUT2D eigenvalue weighted by molar-refractivity contribution is 7.92. The summed E-state index contributed by atoms with van der Waals surface area (Å²) < 4.78 is 27.3. The van der Waals surface area contributed by atoms with Crippen LogP contribution >= 0.6 is 0 Å². The molecule has 3 N–H and O–H groups in total. The second kappa shape index (κ2) is 8.96. The van der Waals surface area contributed by atoms with Gasteiger partial charge < -0.3 is 10.6 Å². The monoisotopic (exact) mass is 442 g/mol. The fraction of sp³-hybridized carbons (Fsp3) is 0.200. The number of aromatic nitrogens is 3. The van der Waals surface area contributed by atoms with Crippen LogP contribution in [0.15, 0.2) is 55.1 Å². The fourth-order valence-electron chi connectivity index (χ4n) is 2.92. The van der Waals surface area contributed by atoms with E-state index in [2.05, 4.69) is 25.4 Å².